The van der Waals surface area contributed by atoms with Gasteiger partial charge in [-0.1, -0.05) is 6.08 Å². The first-order valence-electron chi connectivity index (χ1n) is 10.8. The number of amides is 1. The summed E-state index contributed by atoms with van der Waals surface area (Å²) in [7, 11) is 2.95. The average Bonchev–Trinajstić information content (AvgIpc) is 3.12. The molecule has 0 bridgehead atoms. The van der Waals surface area contributed by atoms with E-state index in [1.54, 1.807) is 31.7 Å². The van der Waals surface area contributed by atoms with Crippen LogP contribution in [0.5, 0.6) is 5.75 Å². The van der Waals surface area contributed by atoms with Gasteiger partial charge in [-0.25, -0.2) is 4.39 Å². The highest BCUT2D eigenvalue weighted by Crippen LogP contribution is 2.39. The molecular formula is C24H30FN5O3. The standard InChI is InChI=1S/C21H23FN4O3.C3H7N/c1-13(5-4-6-14(22)12-28-2)25-20-18-16(8-10-24-21(18)27)26-19(20)15-7-9-23-11-17(15)29-3;1-2-4-3-1/h4-7,9,11-12,25-26H,8,10H2,1-3H3,(H,24,27);4H,1-3H2/b6-4-,13-5+,14-12-;. The highest BCUT2D eigenvalue weighted by molar-refractivity contribution is 6.06. The molecule has 2 aromatic rings. The maximum absolute atomic E-state index is 13.4. The molecule has 33 heavy (non-hydrogen) atoms. The Morgan fingerprint density at radius 3 is 2.70 bits per heavy atom. The van der Waals surface area contributed by atoms with Crippen LogP contribution in [0.4, 0.5) is 10.1 Å². The Balaban J connectivity index is 0.000000690. The SMILES string of the molecule is C1CNC1.CO/C=C(F)/C=C\C=C(/C)Nc1c(-c2ccncc2OC)[nH]c2c1C(=O)NCC2. The Kier molecular flexibility index (Phi) is 8.65. The lowest BCUT2D eigenvalue weighted by Crippen LogP contribution is -2.31. The van der Waals surface area contributed by atoms with Crippen molar-refractivity contribution in [3.05, 3.63) is 65.7 Å². The molecule has 1 fully saturated rings. The third-order valence-electron chi connectivity index (χ3n) is 5.10. The minimum Gasteiger partial charge on any atom is -0.501 e. The number of H-pyrrole nitrogens is 1. The summed E-state index contributed by atoms with van der Waals surface area (Å²) < 4.78 is 23.5. The fourth-order valence-electron chi connectivity index (χ4n) is 3.31. The molecule has 0 unspecified atom stereocenters. The Morgan fingerprint density at radius 2 is 2.03 bits per heavy atom. The Bertz CT molecular complexity index is 1050. The lowest BCUT2D eigenvalue weighted by atomic mass is 10.1. The summed E-state index contributed by atoms with van der Waals surface area (Å²) >= 11 is 0. The van der Waals surface area contributed by atoms with Crippen LogP contribution in [0.2, 0.25) is 0 Å². The fourth-order valence-corrected chi connectivity index (χ4v) is 3.31. The van der Waals surface area contributed by atoms with Crippen LogP contribution < -0.4 is 20.7 Å². The minimum absolute atomic E-state index is 0.151. The van der Waals surface area contributed by atoms with Crippen molar-refractivity contribution in [2.45, 2.75) is 19.8 Å². The quantitative estimate of drug-likeness (QED) is 0.375. The summed E-state index contributed by atoms with van der Waals surface area (Å²) in [5, 5.41) is 9.25. The third-order valence-corrected chi connectivity index (χ3v) is 5.10. The van der Waals surface area contributed by atoms with Crippen molar-refractivity contribution >= 4 is 11.6 Å². The van der Waals surface area contributed by atoms with Gasteiger partial charge in [-0.2, -0.15) is 0 Å². The molecule has 176 valence electrons. The van der Waals surface area contributed by atoms with E-state index in [0.29, 0.717) is 30.0 Å². The number of halogens is 1. The van der Waals surface area contributed by atoms with E-state index >= 15 is 0 Å². The van der Waals surface area contributed by atoms with Gasteiger partial charge in [-0.15, -0.1) is 0 Å². The first-order chi connectivity index (χ1) is 16.0. The highest BCUT2D eigenvalue weighted by atomic mass is 19.1. The molecule has 4 rings (SSSR count). The smallest absolute Gasteiger partial charge is 0.255 e. The number of carbonyl (C=O) groups excluding carboxylic acids is 1. The van der Waals surface area contributed by atoms with Crippen LogP contribution in [-0.4, -0.2) is 49.7 Å². The Morgan fingerprint density at radius 1 is 1.27 bits per heavy atom. The number of aromatic amines is 1. The van der Waals surface area contributed by atoms with Crippen LogP contribution in [0.1, 0.15) is 29.4 Å². The number of hydrogen-bond acceptors (Lipinski definition) is 6. The number of nitrogens with one attached hydrogen (secondary N) is 4. The van der Waals surface area contributed by atoms with Crippen LogP contribution >= 0.6 is 0 Å². The number of ether oxygens (including phenoxy) is 2. The normalized spacial score (nSPS) is 15.7. The Hall–Kier alpha value is -3.59. The van der Waals surface area contributed by atoms with Crippen molar-refractivity contribution in [2.75, 3.05) is 39.2 Å². The predicted octanol–water partition coefficient (Wildman–Crippen LogP) is 3.68. The molecule has 0 aromatic carbocycles. The van der Waals surface area contributed by atoms with Crippen LogP contribution in [0.3, 0.4) is 0 Å². The summed E-state index contributed by atoms with van der Waals surface area (Å²) in [6.45, 7) is 4.90. The molecule has 1 amide bonds. The molecule has 2 aliphatic heterocycles. The van der Waals surface area contributed by atoms with Crippen molar-refractivity contribution in [3.63, 3.8) is 0 Å². The zero-order valence-electron chi connectivity index (χ0n) is 19.1. The molecule has 2 aliphatic rings. The van der Waals surface area contributed by atoms with E-state index in [9.17, 15) is 9.18 Å². The first kappa shape index (κ1) is 24.1. The topological polar surface area (TPSA) is 100 Å². The van der Waals surface area contributed by atoms with Gasteiger partial charge in [-0.3, -0.25) is 9.78 Å². The maximum Gasteiger partial charge on any atom is 0.255 e. The molecule has 4 heterocycles. The molecule has 0 atom stereocenters. The summed E-state index contributed by atoms with van der Waals surface area (Å²) in [5.74, 6) is -0.0679. The van der Waals surface area contributed by atoms with Crippen LogP contribution in [-0.2, 0) is 11.2 Å². The number of allylic oxidation sites excluding steroid dienone is 5. The van der Waals surface area contributed by atoms with Crippen molar-refractivity contribution < 1.29 is 18.7 Å². The zero-order valence-corrected chi connectivity index (χ0v) is 19.1. The van der Waals surface area contributed by atoms with E-state index in [2.05, 4.69) is 30.7 Å². The number of methoxy groups -OCH3 is 2. The molecule has 0 radical (unpaired) electrons. The highest BCUT2D eigenvalue weighted by Gasteiger charge is 2.27. The van der Waals surface area contributed by atoms with E-state index in [1.165, 1.54) is 32.7 Å². The van der Waals surface area contributed by atoms with E-state index in [0.717, 1.165) is 28.9 Å². The van der Waals surface area contributed by atoms with Gasteiger partial charge in [0.15, 0.2) is 5.83 Å². The van der Waals surface area contributed by atoms with Crippen molar-refractivity contribution in [1.82, 2.24) is 20.6 Å². The number of rotatable bonds is 7. The number of fused-ring (bicyclic) bond motifs is 1. The molecule has 0 aliphatic carbocycles. The molecule has 8 nitrogen and oxygen atoms in total. The molecule has 1 saturated heterocycles. The van der Waals surface area contributed by atoms with Crippen molar-refractivity contribution in [2.24, 2.45) is 0 Å². The van der Waals surface area contributed by atoms with Gasteiger partial charge in [0.25, 0.3) is 5.91 Å². The minimum atomic E-state index is -0.503. The van der Waals surface area contributed by atoms with Gasteiger partial charge in [-0.05, 0) is 44.7 Å². The van der Waals surface area contributed by atoms with Gasteiger partial charge in [0.2, 0.25) is 0 Å². The first-order valence-corrected chi connectivity index (χ1v) is 10.8. The van der Waals surface area contributed by atoms with E-state index in [1.807, 2.05) is 13.0 Å². The van der Waals surface area contributed by atoms with E-state index < -0.39 is 5.83 Å². The van der Waals surface area contributed by atoms with E-state index in [-0.39, 0.29) is 5.91 Å². The average molecular weight is 456 g/mol. The van der Waals surface area contributed by atoms with Crippen molar-refractivity contribution in [1.29, 1.82) is 0 Å². The van der Waals surface area contributed by atoms with Gasteiger partial charge in [0.1, 0.15) is 12.0 Å². The summed E-state index contributed by atoms with van der Waals surface area (Å²) in [4.78, 5) is 20.0. The predicted molar refractivity (Wildman–Crippen MR) is 127 cm³/mol. The summed E-state index contributed by atoms with van der Waals surface area (Å²) in [5.41, 5.74) is 4.28. The van der Waals surface area contributed by atoms with Crippen LogP contribution in [0.25, 0.3) is 11.3 Å². The summed E-state index contributed by atoms with van der Waals surface area (Å²) in [6, 6.07) is 1.82. The van der Waals surface area contributed by atoms with Gasteiger partial charge in [0, 0.05) is 36.1 Å². The Labute approximate surface area is 193 Å². The maximum atomic E-state index is 13.4. The second kappa shape index (κ2) is 11.9. The van der Waals surface area contributed by atoms with Crippen molar-refractivity contribution in [3.8, 4) is 17.0 Å². The largest absolute Gasteiger partial charge is 0.501 e. The number of carbonyl (C=O) groups is 1. The third kappa shape index (κ3) is 6.23. The number of hydrogen-bond donors (Lipinski definition) is 4. The van der Waals surface area contributed by atoms with Gasteiger partial charge in [0.05, 0.1) is 37.4 Å². The second-order valence-corrected chi connectivity index (χ2v) is 7.49. The number of aromatic nitrogens is 2. The lowest BCUT2D eigenvalue weighted by molar-refractivity contribution is 0.0947. The molecule has 0 spiro atoms. The molecule has 2 aromatic heterocycles. The number of pyridine rings is 1. The van der Waals surface area contributed by atoms with Gasteiger partial charge >= 0.3 is 0 Å². The van der Waals surface area contributed by atoms with Gasteiger partial charge < -0.3 is 30.4 Å². The second-order valence-electron chi connectivity index (χ2n) is 7.49. The number of nitrogens with zero attached hydrogens (tertiary/aromatic N) is 1. The fraction of sp³-hybridized carbons (Fsp3) is 0.333. The monoisotopic (exact) mass is 455 g/mol. The van der Waals surface area contributed by atoms with Crippen LogP contribution in [0, 0.1) is 0 Å². The van der Waals surface area contributed by atoms with Crippen LogP contribution in [0.15, 0.2) is 54.5 Å². The van der Waals surface area contributed by atoms with E-state index in [4.69, 9.17) is 4.74 Å². The summed E-state index contributed by atoms with van der Waals surface area (Å²) in [6.07, 6.45) is 10.9. The number of anilines is 1. The zero-order chi connectivity index (χ0) is 23.6. The molecule has 4 N–H and O–H groups in total. The molecule has 9 heteroatoms. The molecule has 0 saturated carbocycles. The molecular weight excluding hydrogens is 425 g/mol. The lowest BCUT2D eigenvalue weighted by Gasteiger charge is -2.15.